The molecule has 3 rings (SSSR count). The molecule has 0 bridgehead atoms. The highest BCUT2D eigenvalue weighted by Gasteiger charge is 2.34. The Morgan fingerprint density at radius 2 is 1.90 bits per heavy atom. The normalized spacial score (nSPS) is 24.7. The lowest BCUT2D eigenvalue weighted by Gasteiger charge is -2.34. The van der Waals surface area contributed by atoms with Crippen LogP contribution in [0.2, 0.25) is 0 Å². The number of hydrogen-bond donors (Lipinski definition) is 1. The van der Waals surface area contributed by atoms with E-state index in [0.717, 1.165) is 18.4 Å². The van der Waals surface area contributed by atoms with Gasteiger partial charge in [-0.05, 0) is 56.7 Å². The fourth-order valence-corrected chi connectivity index (χ4v) is 4.55. The summed E-state index contributed by atoms with van der Waals surface area (Å²) in [5, 5.41) is 3.49. The summed E-state index contributed by atoms with van der Waals surface area (Å²) in [6, 6.07) is 10.4. The average molecular weight is 286 g/mol. The first kappa shape index (κ1) is 14.9. The van der Waals surface area contributed by atoms with Crippen LogP contribution in [0.25, 0.3) is 0 Å². The first-order chi connectivity index (χ1) is 10.3. The second-order valence-corrected chi connectivity index (χ2v) is 6.76. The van der Waals surface area contributed by atoms with Crippen molar-refractivity contribution in [2.75, 3.05) is 18.5 Å². The second kappa shape index (κ2) is 6.83. The van der Waals surface area contributed by atoms with Crippen LogP contribution in [0.1, 0.15) is 63.5 Å². The van der Waals surface area contributed by atoms with Crippen molar-refractivity contribution in [1.29, 1.82) is 0 Å². The largest absolute Gasteiger partial charge is 0.368 e. The quantitative estimate of drug-likeness (QED) is 0.856. The number of nitrogens with one attached hydrogen (secondary N) is 1. The van der Waals surface area contributed by atoms with Gasteiger partial charge in [-0.2, -0.15) is 0 Å². The van der Waals surface area contributed by atoms with Gasteiger partial charge in [0.15, 0.2) is 0 Å². The molecular formula is C19H30N2. The van der Waals surface area contributed by atoms with Crippen molar-refractivity contribution in [1.82, 2.24) is 5.32 Å². The van der Waals surface area contributed by atoms with E-state index >= 15 is 0 Å². The maximum Gasteiger partial charge on any atom is 0.0417 e. The Labute approximate surface area is 129 Å². The maximum atomic E-state index is 3.49. The zero-order valence-electron chi connectivity index (χ0n) is 13.6. The van der Waals surface area contributed by atoms with Crippen LogP contribution in [-0.2, 0) is 0 Å². The fraction of sp³-hybridized carbons (Fsp3) is 0.684. The fourth-order valence-electron chi connectivity index (χ4n) is 4.55. The molecule has 2 unspecified atom stereocenters. The van der Waals surface area contributed by atoms with Crippen molar-refractivity contribution in [3.63, 3.8) is 0 Å². The smallest absolute Gasteiger partial charge is 0.0417 e. The molecule has 1 heterocycles. The Balaban J connectivity index is 1.88. The molecule has 1 saturated carbocycles. The molecule has 0 aromatic heterocycles. The van der Waals surface area contributed by atoms with Gasteiger partial charge in [0.2, 0.25) is 0 Å². The number of para-hydroxylation sites is 1. The minimum Gasteiger partial charge on any atom is -0.368 e. The van der Waals surface area contributed by atoms with Gasteiger partial charge in [-0.3, -0.25) is 0 Å². The molecule has 1 aromatic carbocycles. The van der Waals surface area contributed by atoms with E-state index in [9.17, 15) is 0 Å². The highest BCUT2D eigenvalue weighted by Crippen LogP contribution is 2.40. The van der Waals surface area contributed by atoms with Crippen LogP contribution in [0.4, 0.5) is 5.69 Å². The first-order valence-electron chi connectivity index (χ1n) is 8.88. The van der Waals surface area contributed by atoms with E-state index in [4.69, 9.17) is 0 Å². The average Bonchev–Trinajstić information content (AvgIpc) is 3.20. The Kier molecular flexibility index (Phi) is 4.84. The predicted molar refractivity (Wildman–Crippen MR) is 90.9 cm³/mol. The van der Waals surface area contributed by atoms with Crippen LogP contribution in [0.15, 0.2) is 24.3 Å². The van der Waals surface area contributed by atoms with Gasteiger partial charge in [0, 0.05) is 24.3 Å². The molecule has 2 heteroatoms. The van der Waals surface area contributed by atoms with E-state index in [2.05, 4.69) is 48.5 Å². The van der Waals surface area contributed by atoms with Crippen molar-refractivity contribution in [2.24, 2.45) is 5.92 Å². The van der Waals surface area contributed by atoms with Gasteiger partial charge >= 0.3 is 0 Å². The minimum absolute atomic E-state index is 0.478. The van der Waals surface area contributed by atoms with Crippen LogP contribution >= 0.6 is 0 Å². The molecule has 1 saturated heterocycles. The van der Waals surface area contributed by atoms with Crippen molar-refractivity contribution >= 4 is 5.69 Å². The van der Waals surface area contributed by atoms with Crippen LogP contribution in [0, 0.1) is 5.92 Å². The number of anilines is 1. The van der Waals surface area contributed by atoms with Crippen molar-refractivity contribution < 1.29 is 0 Å². The molecule has 1 aliphatic carbocycles. The molecule has 116 valence electrons. The van der Waals surface area contributed by atoms with Crippen LogP contribution in [0.3, 0.4) is 0 Å². The predicted octanol–water partition coefficient (Wildman–Crippen LogP) is 4.52. The third kappa shape index (κ3) is 2.96. The zero-order valence-corrected chi connectivity index (χ0v) is 13.6. The van der Waals surface area contributed by atoms with Crippen LogP contribution in [0.5, 0.6) is 0 Å². The Morgan fingerprint density at radius 3 is 2.62 bits per heavy atom. The van der Waals surface area contributed by atoms with Gasteiger partial charge < -0.3 is 10.2 Å². The van der Waals surface area contributed by atoms with Gasteiger partial charge in [-0.15, -0.1) is 0 Å². The minimum atomic E-state index is 0.478. The lowest BCUT2D eigenvalue weighted by molar-refractivity contribution is 0.429. The maximum absolute atomic E-state index is 3.49. The molecule has 2 aliphatic rings. The molecule has 0 spiro atoms. The summed E-state index contributed by atoms with van der Waals surface area (Å²) in [4.78, 5) is 2.74. The van der Waals surface area contributed by atoms with E-state index in [1.165, 1.54) is 56.3 Å². The molecular weight excluding hydrogens is 256 g/mol. The van der Waals surface area contributed by atoms with E-state index < -0.39 is 0 Å². The Bertz CT molecular complexity index is 447. The molecule has 2 atom stereocenters. The molecule has 0 radical (unpaired) electrons. The van der Waals surface area contributed by atoms with Crippen LogP contribution in [-0.4, -0.2) is 19.6 Å². The number of benzene rings is 1. The van der Waals surface area contributed by atoms with E-state index in [1.54, 1.807) is 0 Å². The van der Waals surface area contributed by atoms with E-state index in [1.807, 2.05) is 0 Å². The monoisotopic (exact) mass is 286 g/mol. The van der Waals surface area contributed by atoms with Gasteiger partial charge in [-0.25, -0.2) is 0 Å². The van der Waals surface area contributed by atoms with E-state index in [0.29, 0.717) is 6.04 Å². The Hall–Kier alpha value is -1.02. The van der Waals surface area contributed by atoms with E-state index in [-0.39, 0.29) is 0 Å². The summed E-state index contributed by atoms with van der Waals surface area (Å²) in [6.07, 6.45) is 9.71. The van der Waals surface area contributed by atoms with Gasteiger partial charge in [0.1, 0.15) is 0 Å². The van der Waals surface area contributed by atoms with Crippen molar-refractivity contribution in [2.45, 2.75) is 64.0 Å². The molecule has 2 nitrogen and oxygen atoms in total. The summed E-state index contributed by atoms with van der Waals surface area (Å²) in [5.41, 5.74) is 2.99. The molecule has 2 fully saturated rings. The summed E-state index contributed by atoms with van der Waals surface area (Å²) < 4.78 is 0. The lowest BCUT2D eigenvalue weighted by atomic mass is 9.94. The highest BCUT2D eigenvalue weighted by molar-refractivity contribution is 5.56. The van der Waals surface area contributed by atoms with Gasteiger partial charge in [0.05, 0.1) is 0 Å². The third-order valence-electron chi connectivity index (χ3n) is 5.62. The summed E-state index contributed by atoms with van der Waals surface area (Å²) >= 11 is 0. The van der Waals surface area contributed by atoms with Gasteiger partial charge in [0.25, 0.3) is 0 Å². The number of nitrogens with zero attached hydrogens (tertiary/aromatic N) is 1. The number of hydrogen-bond acceptors (Lipinski definition) is 2. The number of rotatable bonds is 5. The van der Waals surface area contributed by atoms with Crippen molar-refractivity contribution in [3.8, 4) is 0 Å². The lowest BCUT2D eigenvalue weighted by Crippen LogP contribution is -2.36. The highest BCUT2D eigenvalue weighted by atomic mass is 15.2. The summed E-state index contributed by atoms with van der Waals surface area (Å²) in [7, 11) is 2.09. The topological polar surface area (TPSA) is 15.3 Å². The zero-order chi connectivity index (χ0) is 14.7. The summed E-state index contributed by atoms with van der Waals surface area (Å²) in [6.45, 7) is 3.52. The van der Waals surface area contributed by atoms with Gasteiger partial charge in [-0.1, -0.05) is 38.0 Å². The molecule has 1 aliphatic heterocycles. The molecule has 0 amide bonds. The molecule has 21 heavy (non-hydrogen) atoms. The SMILES string of the molecule is CCC(NC)c1ccccc1N1CCCC1C1CCCC1. The Morgan fingerprint density at radius 1 is 1.14 bits per heavy atom. The molecule has 1 N–H and O–H groups in total. The first-order valence-corrected chi connectivity index (χ1v) is 8.88. The summed E-state index contributed by atoms with van der Waals surface area (Å²) in [5.74, 6) is 0.940. The third-order valence-corrected chi connectivity index (χ3v) is 5.62. The second-order valence-electron chi connectivity index (χ2n) is 6.76. The standard InChI is InChI=1S/C19H30N2/c1-3-17(20-2)16-11-6-7-12-19(16)21-14-8-13-18(21)15-9-4-5-10-15/h6-7,11-12,15,17-18,20H,3-5,8-10,13-14H2,1-2H3. The van der Waals surface area contributed by atoms with Crippen LogP contribution < -0.4 is 10.2 Å². The van der Waals surface area contributed by atoms with Crippen molar-refractivity contribution in [3.05, 3.63) is 29.8 Å². The molecule has 1 aromatic rings.